The fourth-order valence-electron chi connectivity index (χ4n) is 1.76. The highest BCUT2D eigenvalue weighted by Crippen LogP contribution is 2.28. The number of hydrazine groups is 1. The van der Waals surface area contributed by atoms with Gasteiger partial charge in [-0.25, -0.2) is 5.84 Å². The summed E-state index contributed by atoms with van der Waals surface area (Å²) in [5.74, 6) is 5.83. The van der Waals surface area contributed by atoms with Gasteiger partial charge in [-0.05, 0) is 29.9 Å². The van der Waals surface area contributed by atoms with Crippen LogP contribution >= 0.6 is 23.1 Å². The smallest absolute Gasteiger partial charge is 0.275 e. The molecule has 94 valence electrons. The molecular formula is C11H16N2O2S2. The third-order valence-electron chi connectivity index (χ3n) is 2.73. The molecule has 0 aliphatic carbocycles. The maximum atomic E-state index is 11.5. The normalized spacial score (nSPS) is 17.0. The third-order valence-corrected chi connectivity index (χ3v) is 5.10. The Morgan fingerprint density at radius 2 is 2.35 bits per heavy atom. The van der Waals surface area contributed by atoms with Gasteiger partial charge in [0.15, 0.2) is 0 Å². The molecule has 17 heavy (non-hydrogen) atoms. The van der Waals surface area contributed by atoms with Crippen LogP contribution in [-0.4, -0.2) is 24.4 Å². The van der Waals surface area contributed by atoms with E-state index in [1.807, 2.05) is 23.2 Å². The van der Waals surface area contributed by atoms with Gasteiger partial charge in [0.2, 0.25) is 0 Å². The maximum Gasteiger partial charge on any atom is 0.275 e. The summed E-state index contributed by atoms with van der Waals surface area (Å²) < 4.78 is 5.32. The molecule has 0 atom stereocenters. The number of ether oxygens (including phenoxy) is 1. The van der Waals surface area contributed by atoms with Gasteiger partial charge in [0.25, 0.3) is 5.91 Å². The van der Waals surface area contributed by atoms with Gasteiger partial charge in [-0.15, -0.1) is 11.3 Å². The van der Waals surface area contributed by atoms with E-state index in [2.05, 4.69) is 5.43 Å². The van der Waals surface area contributed by atoms with Crippen LogP contribution in [0.25, 0.3) is 0 Å². The Balaban J connectivity index is 1.89. The fraction of sp³-hybridized carbons (Fsp3) is 0.545. The number of thiophene rings is 1. The molecule has 1 amide bonds. The highest BCUT2D eigenvalue weighted by atomic mass is 32.2. The highest BCUT2D eigenvalue weighted by Gasteiger charge is 2.17. The van der Waals surface area contributed by atoms with Crippen LogP contribution in [0.15, 0.2) is 11.4 Å². The van der Waals surface area contributed by atoms with Crippen molar-refractivity contribution in [1.82, 2.24) is 5.43 Å². The molecule has 1 fully saturated rings. The number of nitrogens with two attached hydrogens (primary N) is 1. The molecule has 0 radical (unpaired) electrons. The largest absolute Gasteiger partial charge is 0.381 e. The van der Waals surface area contributed by atoms with E-state index < -0.39 is 0 Å². The molecule has 6 heteroatoms. The number of amides is 1. The van der Waals surface area contributed by atoms with Crippen LogP contribution in [0.5, 0.6) is 0 Å². The summed E-state index contributed by atoms with van der Waals surface area (Å²) >= 11 is 3.34. The predicted molar refractivity (Wildman–Crippen MR) is 71.1 cm³/mol. The number of rotatable bonds is 4. The summed E-state index contributed by atoms with van der Waals surface area (Å²) in [6.45, 7) is 1.72. The number of carbonyl (C=O) groups is 1. The monoisotopic (exact) mass is 272 g/mol. The summed E-state index contributed by atoms with van der Waals surface area (Å²) in [4.78, 5) is 12.2. The minimum Gasteiger partial charge on any atom is -0.381 e. The first-order valence-corrected chi connectivity index (χ1v) is 7.50. The number of nitrogens with one attached hydrogen (secondary N) is 1. The van der Waals surface area contributed by atoms with Crippen molar-refractivity contribution in [3.05, 3.63) is 21.9 Å². The van der Waals surface area contributed by atoms with Crippen molar-refractivity contribution in [2.24, 2.45) is 5.84 Å². The standard InChI is InChI=1S/C11H16N2O2S2/c12-13-11(14)10-8(3-6-16-10)7-17-9-1-4-15-5-2-9/h3,6,9H,1-2,4-5,7,12H2,(H,13,14). The molecule has 3 N–H and O–H groups in total. The zero-order chi connectivity index (χ0) is 12.1. The second-order valence-corrected chi connectivity index (χ2v) is 6.08. The van der Waals surface area contributed by atoms with Crippen molar-refractivity contribution in [3.63, 3.8) is 0 Å². The third kappa shape index (κ3) is 3.45. The average molecular weight is 272 g/mol. The number of nitrogen functional groups attached to an aromatic ring is 1. The van der Waals surface area contributed by atoms with Gasteiger partial charge in [0, 0.05) is 24.2 Å². The van der Waals surface area contributed by atoms with Crippen molar-refractivity contribution in [1.29, 1.82) is 0 Å². The average Bonchev–Trinajstić information content (AvgIpc) is 2.85. The molecule has 2 rings (SSSR count). The Hall–Kier alpha value is -0.560. The van der Waals surface area contributed by atoms with Crippen molar-refractivity contribution in [2.45, 2.75) is 23.8 Å². The van der Waals surface area contributed by atoms with Crippen LogP contribution in [0.3, 0.4) is 0 Å². The predicted octanol–water partition coefficient (Wildman–Crippen LogP) is 1.76. The van der Waals surface area contributed by atoms with Crippen LogP contribution in [0.1, 0.15) is 28.1 Å². The van der Waals surface area contributed by atoms with E-state index in [4.69, 9.17) is 10.6 Å². The Kier molecular flexibility index (Phi) is 4.85. The van der Waals surface area contributed by atoms with E-state index in [1.54, 1.807) is 0 Å². The van der Waals surface area contributed by atoms with Gasteiger partial charge in [0.1, 0.15) is 0 Å². The molecule has 1 saturated heterocycles. The summed E-state index contributed by atoms with van der Waals surface area (Å²) in [5, 5.41) is 2.59. The van der Waals surface area contributed by atoms with Gasteiger partial charge < -0.3 is 4.74 Å². The summed E-state index contributed by atoms with van der Waals surface area (Å²) in [5.41, 5.74) is 3.27. The Bertz CT molecular complexity index is 375. The van der Waals surface area contributed by atoms with Crippen LogP contribution in [0.4, 0.5) is 0 Å². The van der Waals surface area contributed by atoms with E-state index in [0.29, 0.717) is 5.25 Å². The molecule has 0 spiro atoms. The van der Waals surface area contributed by atoms with E-state index in [1.165, 1.54) is 11.3 Å². The van der Waals surface area contributed by atoms with Crippen molar-refractivity contribution >= 4 is 29.0 Å². The SMILES string of the molecule is NNC(=O)c1sccc1CSC1CCOCC1. The van der Waals surface area contributed by atoms with Gasteiger partial charge in [-0.1, -0.05) is 0 Å². The van der Waals surface area contributed by atoms with E-state index in [0.717, 1.165) is 42.2 Å². The highest BCUT2D eigenvalue weighted by molar-refractivity contribution is 7.99. The second-order valence-electron chi connectivity index (χ2n) is 3.87. The van der Waals surface area contributed by atoms with Crippen LogP contribution in [0, 0.1) is 0 Å². The van der Waals surface area contributed by atoms with Crippen LogP contribution in [-0.2, 0) is 10.5 Å². The quantitative estimate of drug-likeness (QED) is 0.498. The molecular weight excluding hydrogens is 256 g/mol. The Morgan fingerprint density at radius 1 is 1.59 bits per heavy atom. The van der Waals surface area contributed by atoms with Crippen molar-refractivity contribution in [2.75, 3.05) is 13.2 Å². The topological polar surface area (TPSA) is 64.3 Å². The lowest BCUT2D eigenvalue weighted by molar-refractivity contribution is 0.0956. The Morgan fingerprint density at radius 3 is 3.06 bits per heavy atom. The summed E-state index contributed by atoms with van der Waals surface area (Å²) in [7, 11) is 0. The number of thioether (sulfide) groups is 1. The van der Waals surface area contributed by atoms with Crippen molar-refractivity contribution < 1.29 is 9.53 Å². The van der Waals surface area contributed by atoms with Crippen LogP contribution in [0.2, 0.25) is 0 Å². The minimum absolute atomic E-state index is 0.192. The van der Waals surface area contributed by atoms with Gasteiger partial charge in [-0.2, -0.15) is 11.8 Å². The first-order chi connectivity index (χ1) is 8.31. The van der Waals surface area contributed by atoms with E-state index in [9.17, 15) is 4.79 Å². The summed E-state index contributed by atoms with van der Waals surface area (Å²) in [6, 6.07) is 2.00. The molecule has 2 heterocycles. The van der Waals surface area contributed by atoms with Gasteiger partial charge in [0.05, 0.1) is 4.88 Å². The van der Waals surface area contributed by atoms with Crippen molar-refractivity contribution in [3.8, 4) is 0 Å². The minimum atomic E-state index is -0.192. The first-order valence-electron chi connectivity index (χ1n) is 5.58. The maximum absolute atomic E-state index is 11.5. The second kappa shape index (κ2) is 6.39. The van der Waals surface area contributed by atoms with Gasteiger partial charge >= 0.3 is 0 Å². The molecule has 0 bridgehead atoms. The lowest BCUT2D eigenvalue weighted by atomic mass is 10.2. The zero-order valence-electron chi connectivity index (χ0n) is 9.48. The molecule has 1 aromatic rings. The molecule has 0 aromatic carbocycles. The first kappa shape index (κ1) is 12.9. The number of hydrogen-bond donors (Lipinski definition) is 2. The molecule has 1 aliphatic rings. The zero-order valence-corrected chi connectivity index (χ0v) is 11.1. The molecule has 0 saturated carbocycles. The van der Waals surface area contributed by atoms with Crippen LogP contribution < -0.4 is 11.3 Å². The molecule has 4 nitrogen and oxygen atoms in total. The number of carbonyl (C=O) groups excluding carboxylic acids is 1. The molecule has 0 unspecified atom stereocenters. The summed E-state index contributed by atoms with van der Waals surface area (Å²) in [6.07, 6.45) is 2.21. The Labute approximate surface area is 109 Å². The van der Waals surface area contributed by atoms with E-state index >= 15 is 0 Å². The lowest BCUT2D eigenvalue weighted by Crippen LogP contribution is -2.29. The fourth-order valence-corrected chi connectivity index (χ4v) is 3.86. The molecule has 1 aromatic heterocycles. The molecule has 1 aliphatic heterocycles. The number of hydrogen-bond acceptors (Lipinski definition) is 5. The van der Waals surface area contributed by atoms with E-state index in [-0.39, 0.29) is 5.91 Å². The van der Waals surface area contributed by atoms with Gasteiger partial charge in [-0.3, -0.25) is 10.2 Å². The lowest BCUT2D eigenvalue weighted by Gasteiger charge is -2.21.